The SMILES string of the molecule is CC(N)c1ccc(S(=O)(=O)N(CCO)CC(F)F)cc1. The van der Waals surface area contributed by atoms with Gasteiger partial charge in [0.2, 0.25) is 10.0 Å². The minimum Gasteiger partial charge on any atom is -0.395 e. The zero-order valence-corrected chi connectivity index (χ0v) is 11.9. The molecule has 3 N–H and O–H groups in total. The molecule has 0 heterocycles. The lowest BCUT2D eigenvalue weighted by Crippen LogP contribution is -2.37. The van der Waals surface area contributed by atoms with Gasteiger partial charge in [-0.05, 0) is 24.6 Å². The maximum atomic E-state index is 12.4. The summed E-state index contributed by atoms with van der Waals surface area (Å²) in [6.07, 6.45) is -2.81. The smallest absolute Gasteiger partial charge is 0.252 e. The van der Waals surface area contributed by atoms with Crippen molar-refractivity contribution >= 4 is 10.0 Å². The highest BCUT2D eigenvalue weighted by Crippen LogP contribution is 2.19. The van der Waals surface area contributed by atoms with Gasteiger partial charge in [0.05, 0.1) is 18.0 Å². The first-order valence-electron chi connectivity index (χ1n) is 6.03. The standard InChI is InChI=1S/C12H18F2N2O3S/c1-9(15)10-2-4-11(5-3-10)20(18,19)16(6-7-17)8-12(13)14/h2-5,9,12,17H,6-8,15H2,1H3. The molecular weight excluding hydrogens is 290 g/mol. The van der Waals surface area contributed by atoms with E-state index in [4.69, 9.17) is 10.8 Å². The van der Waals surface area contributed by atoms with Gasteiger partial charge in [0.25, 0.3) is 6.43 Å². The second-order valence-corrected chi connectivity index (χ2v) is 6.27. The Morgan fingerprint density at radius 1 is 1.30 bits per heavy atom. The van der Waals surface area contributed by atoms with Crippen LogP contribution in [0.2, 0.25) is 0 Å². The Bertz CT molecular complexity index is 518. The largest absolute Gasteiger partial charge is 0.395 e. The third-order valence-corrected chi connectivity index (χ3v) is 4.61. The van der Waals surface area contributed by atoms with Gasteiger partial charge in [0.1, 0.15) is 0 Å². The van der Waals surface area contributed by atoms with Gasteiger partial charge in [-0.15, -0.1) is 0 Å². The lowest BCUT2D eigenvalue weighted by atomic mass is 10.1. The van der Waals surface area contributed by atoms with Gasteiger partial charge in [-0.3, -0.25) is 0 Å². The number of hydrogen-bond acceptors (Lipinski definition) is 4. The van der Waals surface area contributed by atoms with E-state index in [-0.39, 0.29) is 17.5 Å². The number of rotatable bonds is 7. The molecule has 0 saturated carbocycles. The summed E-state index contributed by atoms with van der Waals surface area (Å²) in [5, 5.41) is 8.81. The molecule has 1 unspecified atom stereocenters. The van der Waals surface area contributed by atoms with Gasteiger partial charge in [-0.2, -0.15) is 4.31 Å². The van der Waals surface area contributed by atoms with Crippen LogP contribution in [0.5, 0.6) is 0 Å². The van der Waals surface area contributed by atoms with Gasteiger partial charge in [-0.25, -0.2) is 17.2 Å². The fourth-order valence-electron chi connectivity index (χ4n) is 1.67. The number of aliphatic hydroxyl groups is 1. The van der Waals surface area contributed by atoms with Crippen molar-refractivity contribution in [2.24, 2.45) is 5.73 Å². The van der Waals surface area contributed by atoms with Crippen LogP contribution in [0.4, 0.5) is 8.78 Å². The second kappa shape index (κ2) is 7.07. The summed E-state index contributed by atoms with van der Waals surface area (Å²) in [7, 11) is -4.05. The van der Waals surface area contributed by atoms with E-state index in [0.717, 1.165) is 5.56 Å². The van der Waals surface area contributed by atoms with Crippen LogP contribution in [0.15, 0.2) is 29.2 Å². The van der Waals surface area contributed by atoms with Gasteiger partial charge < -0.3 is 10.8 Å². The van der Waals surface area contributed by atoms with Crippen molar-refractivity contribution in [3.05, 3.63) is 29.8 Å². The molecule has 0 amide bonds. The number of benzene rings is 1. The van der Waals surface area contributed by atoms with Crippen molar-refractivity contribution in [3.8, 4) is 0 Å². The van der Waals surface area contributed by atoms with E-state index in [2.05, 4.69) is 0 Å². The van der Waals surface area contributed by atoms with Crippen LogP contribution in [0.3, 0.4) is 0 Å². The molecule has 0 radical (unpaired) electrons. The summed E-state index contributed by atoms with van der Waals surface area (Å²) in [4.78, 5) is -0.101. The molecule has 114 valence electrons. The van der Waals surface area contributed by atoms with Crippen LogP contribution in [0, 0.1) is 0 Å². The van der Waals surface area contributed by atoms with E-state index in [0.29, 0.717) is 4.31 Å². The third kappa shape index (κ3) is 4.20. The quantitative estimate of drug-likeness (QED) is 0.785. The molecule has 0 aliphatic heterocycles. The third-order valence-electron chi connectivity index (χ3n) is 2.73. The molecule has 0 spiro atoms. The van der Waals surface area contributed by atoms with E-state index >= 15 is 0 Å². The van der Waals surface area contributed by atoms with Gasteiger partial charge in [-0.1, -0.05) is 12.1 Å². The van der Waals surface area contributed by atoms with Gasteiger partial charge in [0, 0.05) is 12.6 Å². The first-order valence-corrected chi connectivity index (χ1v) is 7.47. The van der Waals surface area contributed by atoms with E-state index in [9.17, 15) is 17.2 Å². The highest BCUT2D eigenvalue weighted by Gasteiger charge is 2.26. The molecule has 0 fully saturated rings. The number of alkyl halides is 2. The average molecular weight is 308 g/mol. The Hall–Kier alpha value is -1.09. The lowest BCUT2D eigenvalue weighted by molar-refractivity contribution is 0.113. The number of nitrogens with zero attached hydrogens (tertiary/aromatic N) is 1. The molecule has 0 aromatic heterocycles. The van der Waals surface area contributed by atoms with E-state index < -0.39 is 29.6 Å². The zero-order chi connectivity index (χ0) is 15.3. The van der Waals surface area contributed by atoms with Gasteiger partial charge >= 0.3 is 0 Å². The molecule has 1 aromatic rings. The fourth-order valence-corrected chi connectivity index (χ4v) is 3.08. The second-order valence-electron chi connectivity index (χ2n) is 4.34. The lowest BCUT2D eigenvalue weighted by Gasteiger charge is -2.21. The van der Waals surface area contributed by atoms with Crippen molar-refractivity contribution in [1.29, 1.82) is 0 Å². The Balaban J connectivity index is 3.05. The minimum atomic E-state index is -4.05. The highest BCUT2D eigenvalue weighted by molar-refractivity contribution is 7.89. The molecule has 0 aliphatic rings. The summed E-state index contributed by atoms with van der Waals surface area (Å²) in [5.41, 5.74) is 6.40. The Morgan fingerprint density at radius 3 is 2.25 bits per heavy atom. The van der Waals surface area contributed by atoms with E-state index in [1.807, 2.05) is 0 Å². The minimum absolute atomic E-state index is 0.101. The molecule has 0 bridgehead atoms. The van der Waals surface area contributed by atoms with Crippen LogP contribution < -0.4 is 5.73 Å². The molecular formula is C12H18F2N2O3S. The van der Waals surface area contributed by atoms with Crippen LogP contribution >= 0.6 is 0 Å². The summed E-state index contributed by atoms with van der Waals surface area (Å²) in [6, 6.07) is 5.48. The molecule has 8 heteroatoms. The highest BCUT2D eigenvalue weighted by atomic mass is 32.2. The Kier molecular flexibility index (Phi) is 6.00. The number of halogens is 2. The van der Waals surface area contributed by atoms with Crippen molar-refractivity contribution in [2.75, 3.05) is 19.7 Å². The van der Waals surface area contributed by atoms with Crippen molar-refractivity contribution in [2.45, 2.75) is 24.3 Å². The van der Waals surface area contributed by atoms with Crippen molar-refractivity contribution in [3.63, 3.8) is 0 Å². The van der Waals surface area contributed by atoms with Crippen LogP contribution in [0.1, 0.15) is 18.5 Å². The normalized spacial score (nSPS) is 13.9. The topological polar surface area (TPSA) is 83.6 Å². The number of aliphatic hydroxyl groups excluding tert-OH is 1. The first kappa shape index (κ1) is 17.0. The molecule has 0 aliphatic carbocycles. The Morgan fingerprint density at radius 2 is 1.85 bits per heavy atom. The maximum absolute atomic E-state index is 12.4. The fraction of sp³-hybridized carbons (Fsp3) is 0.500. The molecule has 20 heavy (non-hydrogen) atoms. The summed E-state index contributed by atoms with van der Waals surface area (Å²) >= 11 is 0. The summed E-state index contributed by atoms with van der Waals surface area (Å²) in [5.74, 6) is 0. The summed E-state index contributed by atoms with van der Waals surface area (Å²) in [6.45, 7) is -0.0953. The van der Waals surface area contributed by atoms with Crippen molar-refractivity contribution < 1.29 is 22.3 Å². The zero-order valence-electron chi connectivity index (χ0n) is 11.0. The van der Waals surface area contributed by atoms with E-state index in [1.165, 1.54) is 24.3 Å². The van der Waals surface area contributed by atoms with Crippen LogP contribution in [-0.4, -0.2) is 44.0 Å². The van der Waals surface area contributed by atoms with Gasteiger partial charge in [0.15, 0.2) is 0 Å². The first-order chi connectivity index (χ1) is 9.28. The predicted molar refractivity (Wildman–Crippen MR) is 70.9 cm³/mol. The molecule has 5 nitrogen and oxygen atoms in total. The predicted octanol–water partition coefficient (Wildman–Crippen LogP) is 0.954. The number of hydrogen-bond donors (Lipinski definition) is 2. The molecule has 1 rings (SSSR count). The van der Waals surface area contributed by atoms with E-state index in [1.54, 1.807) is 6.92 Å². The monoisotopic (exact) mass is 308 g/mol. The molecule has 1 aromatic carbocycles. The number of sulfonamides is 1. The van der Waals surface area contributed by atoms with Crippen LogP contribution in [-0.2, 0) is 10.0 Å². The number of nitrogens with two attached hydrogens (primary N) is 1. The molecule has 0 saturated heterocycles. The van der Waals surface area contributed by atoms with Crippen LogP contribution in [0.25, 0.3) is 0 Å². The molecule has 1 atom stereocenters. The van der Waals surface area contributed by atoms with Crippen molar-refractivity contribution in [1.82, 2.24) is 4.31 Å². The maximum Gasteiger partial charge on any atom is 0.252 e. The average Bonchev–Trinajstić information content (AvgIpc) is 2.37. The summed E-state index contributed by atoms with van der Waals surface area (Å²) < 4.78 is 49.8. The Labute approximate surface area is 117 Å².